The molecule has 4 unspecified atom stereocenters. The third kappa shape index (κ3) is 6.08. The molecule has 0 aromatic heterocycles. The van der Waals surface area contributed by atoms with E-state index in [9.17, 15) is 13.9 Å². The Hall–Kier alpha value is -1.92. The lowest BCUT2D eigenvalue weighted by molar-refractivity contribution is 0.0764. The van der Waals surface area contributed by atoms with Gasteiger partial charge < -0.3 is 9.84 Å². The molecule has 0 bridgehead atoms. The molecule has 1 saturated carbocycles. The van der Waals surface area contributed by atoms with Gasteiger partial charge in [0.25, 0.3) is 0 Å². The molecule has 0 aliphatic heterocycles. The van der Waals surface area contributed by atoms with Crippen LogP contribution in [-0.2, 0) is 17.8 Å². The number of hydrogen-bond donors (Lipinski definition) is 1. The molecule has 0 heterocycles. The van der Waals surface area contributed by atoms with Gasteiger partial charge in [0.05, 0.1) is 12.7 Å². The van der Waals surface area contributed by atoms with Crippen LogP contribution >= 0.6 is 0 Å². The van der Waals surface area contributed by atoms with E-state index >= 15 is 8.78 Å². The molecule has 2 nitrogen and oxygen atoms in total. The van der Waals surface area contributed by atoms with Crippen LogP contribution in [0, 0.1) is 29.4 Å². The maximum Gasteiger partial charge on any atom is 0.164 e. The number of benzene rings is 1. The van der Waals surface area contributed by atoms with Crippen molar-refractivity contribution in [3.63, 3.8) is 0 Å². The van der Waals surface area contributed by atoms with E-state index in [1.807, 2.05) is 24.3 Å². The number of allylic oxidation sites excluding steroid dienone is 6. The quantitative estimate of drug-likeness (QED) is 0.310. The van der Waals surface area contributed by atoms with E-state index < -0.39 is 29.9 Å². The van der Waals surface area contributed by atoms with Gasteiger partial charge in [-0.15, -0.1) is 0 Å². The first-order valence-electron chi connectivity index (χ1n) is 13.0. The van der Waals surface area contributed by atoms with Crippen LogP contribution in [-0.4, -0.2) is 30.2 Å². The number of aryl methyl sites for hydroxylation is 1. The Kier molecular flexibility index (Phi) is 8.87. The lowest BCUT2D eigenvalue weighted by atomic mass is 9.71. The summed E-state index contributed by atoms with van der Waals surface area (Å²) in [4.78, 5) is 0. The largest absolute Gasteiger partial charge is 0.393 e. The van der Waals surface area contributed by atoms with E-state index in [-0.39, 0.29) is 30.1 Å². The second kappa shape index (κ2) is 11.9. The molecule has 192 valence electrons. The fourth-order valence-corrected chi connectivity index (χ4v) is 5.74. The molecular weight excluding hydrogens is 456 g/mol. The van der Waals surface area contributed by atoms with Crippen molar-refractivity contribution < 1.29 is 27.4 Å². The number of aliphatic hydroxyl groups is 1. The Labute approximate surface area is 205 Å². The number of halogens is 4. The fourth-order valence-electron chi connectivity index (χ4n) is 5.74. The SMILES string of the molecule is CCOCc1ccc(CCC2=CCC(C3CC=C(C4CCC(O)CC4)C(F)C3F)C=C2)c(F)c1F. The van der Waals surface area contributed by atoms with Crippen molar-refractivity contribution in [2.75, 3.05) is 6.61 Å². The van der Waals surface area contributed by atoms with Crippen molar-refractivity contribution in [1.82, 2.24) is 0 Å². The zero-order valence-corrected chi connectivity index (χ0v) is 20.4. The van der Waals surface area contributed by atoms with Gasteiger partial charge in [-0.1, -0.05) is 42.0 Å². The summed E-state index contributed by atoms with van der Waals surface area (Å²) in [5, 5.41) is 9.70. The third-order valence-electron chi connectivity index (χ3n) is 7.95. The van der Waals surface area contributed by atoms with Gasteiger partial charge in [0, 0.05) is 18.1 Å². The Bertz CT molecular complexity index is 962. The Morgan fingerprint density at radius 3 is 2.34 bits per heavy atom. The second-order valence-electron chi connectivity index (χ2n) is 10.1. The highest BCUT2D eigenvalue weighted by Crippen LogP contribution is 2.43. The van der Waals surface area contributed by atoms with Crippen LogP contribution in [0.25, 0.3) is 0 Å². The maximum absolute atomic E-state index is 15.2. The van der Waals surface area contributed by atoms with Crippen molar-refractivity contribution in [1.29, 1.82) is 0 Å². The maximum atomic E-state index is 15.2. The lowest BCUT2D eigenvalue weighted by Crippen LogP contribution is -2.38. The topological polar surface area (TPSA) is 29.5 Å². The minimum Gasteiger partial charge on any atom is -0.393 e. The summed E-state index contributed by atoms with van der Waals surface area (Å²) in [5.74, 6) is -2.12. The number of alkyl halides is 2. The van der Waals surface area contributed by atoms with E-state index in [0.717, 1.165) is 18.4 Å². The number of ether oxygens (including phenoxy) is 1. The summed E-state index contributed by atoms with van der Waals surface area (Å²) < 4.78 is 64.1. The summed E-state index contributed by atoms with van der Waals surface area (Å²) in [5.41, 5.74) is 2.13. The fraction of sp³-hybridized carbons (Fsp3) is 0.586. The molecule has 1 aromatic rings. The van der Waals surface area contributed by atoms with Gasteiger partial charge in [-0.25, -0.2) is 17.6 Å². The normalized spacial score (nSPS) is 31.3. The van der Waals surface area contributed by atoms with Crippen molar-refractivity contribution in [3.05, 3.63) is 70.3 Å². The molecule has 1 fully saturated rings. The van der Waals surface area contributed by atoms with Gasteiger partial charge >= 0.3 is 0 Å². The van der Waals surface area contributed by atoms with Crippen LogP contribution < -0.4 is 0 Å². The molecule has 1 N–H and O–H groups in total. The van der Waals surface area contributed by atoms with Crippen LogP contribution in [0.2, 0.25) is 0 Å². The van der Waals surface area contributed by atoms with E-state index in [2.05, 4.69) is 0 Å². The molecular formula is C29H36F4O2. The minimum absolute atomic E-state index is 0.0412. The molecule has 4 atom stereocenters. The average Bonchev–Trinajstić information content (AvgIpc) is 2.87. The Morgan fingerprint density at radius 2 is 1.66 bits per heavy atom. The van der Waals surface area contributed by atoms with Crippen LogP contribution in [0.15, 0.2) is 47.6 Å². The van der Waals surface area contributed by atoms with Gasteiger partial charge in [-0.3, -0.25) is 0 Å². The first-order chi connectivity index (χ1) is 16.9. The van der Waals surface area contributed by atoms with E-state index in [0.29, 0.717) is 56.3 Å². The molecule has 0 radical (unpaired) electrons. The smallest absolute Gasteiger partial charge is 0.164 e. The molecule has 3 aliphatic rings. The molecule has 0 saturated heterocycles. The summed E-state index contributed by atoms with van der Waals surface area (Å²) in [6, 6.07) is 3.18. The zero-order valence-electron chi connectivity index (χ0n) is 20.4. The summed E-state index contributed by atoms with van der Waals surface area (Å²) in [7, 11) is 0. The van der Waals surface area contributed by atoms with Crippen LogP contribution in [0.3, 0.4) is 0 Å². The monoisotopic (exact) mass is 492 g/mol. The van der Waals surface area contributed by atoms with Gasteiger partial charge in [0.2, 0.25) is 0 Å². The number of hydrogen-bond acceptors (Lipinski definition) is 2. The highest BCUT2D eigenvalue weighted by molar-refractivity contribution is 5.30. The zero-order chi connectivity index (χ0) is 24.9. The summed E-state index contributed by atoms with van der Waals surface area (Å²) >= 11 is 0. The molecule has 0 amide bonds. The average molecular weight is 493 g/mol. The lowest BCUT2D eigenvalue weighted by Gasteiger charge is -2.38. The van der Waals surface area contributed by atoms with Crippen molar-refractivity contribution >= 4 is 0 Å². The number of aliphatic hydroxyl groups excluding tert-OH is 1. The second-order valence-corrected chi connectivity index (χ2v) is 10.1. The van der Waals surface area contributed by atoms with E-state index in [1.165, 1.54) is 0 Å². The highest BCUT2D eigenvalue weighted by Gasteiger charge is 2.41. The summed E-state index contributed by atoms with van der Waals surface area (Å²) in [6.07, 6.45) is 9.20. The van der Waals surface area contributed by atoms with Gasteiger partial charge in [0.15, 0.2) is 17.8 Å². The van der Waals surface area contributed by atoms with Crippen LogP contribution in [0.5, 0.6) is 0 Å². The molecule has 4 rings (SSSR count). The molecule has 0 spiro atoms. The summed E-state index contributed by atoms with van der Waals surface area (Å²) in [6.45, 7) is 2.28. The standard InChI is InChI=1S/C29H36F4O2/c1-2-35-17-22-10-9-21(26(30)27(22)31)8-5-18-3-6-19(7-4-18)24-15-16-25(29(33)28(24)32)20-11-13-23(34)14-12-20/h3-4,6,9-10,16,19-20,23-24,28-29,34H,2,5,7-8,11-15,17H2,1H3. The van der Waals surface area contributed by atoms with Crippen LogP contribution in [0.4, 0.5) is 17.6 Å². The van der Waals surface area contributed by atoms with Gasteiger partial charge in [-0.05, 0) is 81.3 Å². The first-order valence-corrected chi connectivity index (χ1v) is 13.0. The number of rotatable bonds is 8. The van der Waals surface area contributed by atoms with Crippen molar-refractivity contribution in [2.24, 2.45) is 17.8 Å². The van der Waals surface area contributed by atoms with Gasteiger partial charge in [0.1, 0.15) is 6.17 Å². The van der Waals surface area contributed by atoms with Crippen molar-refractivity contribution in [2.45, 2.75) is 83.3 Å². The minimum atomic E-state index is -1.57. The predicted molar refractivity (Wildman–Crippen MR) is 129 cm³/mol. The van der Waals surface area contributed by atoms with E-state index in [1.54, 1.807) is 19.1 Å². The van der Waals surface area contributed by atoms with Crippen molar-refractivity contribution in [3.8, 4) is 0 Å². The van der Waals surface area contributed by atoms with Gasteiger partial charge in [-0.2, -0.15) is 0 Å². The third-order valence-corrected chi connectivity index (χ3v) is 7.95. The molecule has 3 aliphatic carbocycles. The first kappa shape index (κ1) is 26.2. The molecule has 6 heteroatoms. The molecule has 35 heavy (non-hydrogen) atoms. The Morgan fingerprint density at radius 1 is 0.943 bits per heavy atom. The van der Waals surface area contributed by atoms with Crippen LogP contribution in [0.1, 0.15) is 63.0 Å². The molecule has 1 aromatic carbocycles. The highest BCUT2D eigenvalue weighted by atomic mass is 19.2. The predicted octanol–water partition coefficient (Wildman–Crippen LogP) is 7.11. The Balaban J connectivity index is 1.32. The van der Waals surface area contributed by atoms with E-state index in [4.69, 9.17) is 4.74 Å².